The standard InChI is InChI=1S/C18H25N3O4/c1-13(2)17-18(22)20(11-10-19-8-4-3-5-9-19)15-12-14(21(23)24)6-7-16(15)25-17/h6-7,12-13,17H,3-5,8-11H2,1-2H3. The predicted molar refractivity (Wildman–Crippen MR) is 95.0 cm³/mol. The fourth-order valence-corrected chi connectivity index (χ4v) is 3.47. The smallest absolute Gasteiger partial charge is 0.271 e. The van der Waals surface area contributed by atoms with Crippen LogP contribution in [-0.2, 0) is 4.79 Å². The van der Waals surface area contributed by atoms with Crippen molar-refractivity contribution in [2.45, 2.75) is 39.2 Å². The van der Waals surface area contributed by atoms with Gasteiger partial charge in [0.1, 0.15) is 5.75 Å². The van der Waals surface area contributed by atoms with Gasteiger partial charge in [0.05, 0.1) is 10.6 Å². The highest BCUT2D eigenvalue weighted by atomic mass is 16.6. The van der Waals surface area contributed by atoms with Gasteiger partial charge in [-0.05, 0) is 37.9 Å². The number of hydrogen-bond donors (Lipinski definition) is 0. The Morgan fingerprint density at radius 1 is 1.24 bits per heavy atom. The number of benzene rings is 1. The lowest BCUT2D eigenvalue weighted by Crippen LogP contribution is -2.50. The molecule has 1 unspecified atom stereocenters. The maximum Gasteiger partial charge on any atom is 0.271 e. The van der Waals surface area contributed by atoms with E-state index in [-0.39, 0.29) is 17.5 Å². The van der Waals surface area contributed by atoms with Crippen LogP contribution in [0.1, 0.15) is 33.1 Å². The maximum absolute atomic E-state index is 12.9. The van der Waals surface area contributed by atoms with Crippen molar-refractivity contribution in [3.8, 4) is 5.75 Å². The molecule has 1 aromatic carbocycles. The van der Waals surface area contributed by atoms with Crippen molar-refractivity contribution < 1.29 is 14.5 Å². The summed E-state index contributed by atoms with van der Waals surface area (Å²) >= 11 is 0. The summed E-state index contributed by atoms with van der Waals surface area (Å²) in [6.07, 6.45) is 3.09. The highest BCUT2D eigenvalue weighted by Gasteiger charge is 2.37. The van der Waals surface area contributed by atoms with Crippen LogP contribution in [0, 0.1) is 16.0 Å². The van der Waals surface area contributed by atoms with Crippen molar-refractivity contribution in [3.63, 3.8) is 0 Å². The molecule has 1 amide bonds. The van der Waals surface area contributed by atoms with Gasteiger partial charge in [-0.15, -0.1) is 0 Å². The number of anilines is 1. The summed E-state index contributed by atoms with van der Waals surface area (Å²) in [6, 6.07) is 4.47. The molecule has 1 saturated heterocycles. The molecule has 1 fully saturated rings. The van der Waals surface area contributed by atoms with Crippen LogP contribution in [0.2, 0.25) is 0 Å². The molecule has 2 aliphatic heterocycles. The van der Waals surface area contributed by atoms with Crippen molar-refractivity contribution in [2.75, 3.05) is 31.1 Å². The van der Waals surface area contributed by atoms with Crippen LogP contribution in [0.15, 0.2) is 18.2 Å². The first-order valence-electron chi connectivity index (χ1n) is 8.96. The Morgan fingerprint density at radius 3 is 2.60 bits per heavy atom. The normalized spacial score (nSPS) is 21.2. The third-order valence-corrected chi connectivity index (χ3v) is 4.90. The molecule has 2 heterocycles. The Kier molecular flexibility index (Phi) is 5.22. The van der Waals surface area contributed by atoms with Gasteiger partial charge in [0.25, 0.3) is 11.6 Å². The number of non-ortho nitro benzene ring substituents is 1. The highest BCUT2D eigenvalue weighted by molar-refractivity contribution is 6.00. The number of nitro benzene ring substituents is 1. The molecule has 25 heavy (non-hydrogen) atoms. The van der Waals surface area contributed by atoms with Crippen LogP contribution in [-0.4, -0.2) is 48.0 Å². The molecule has 0 N–H and O–H groups in total. The summed E-state index contributed by atoms with van der Waals surface area (Å²) in [5.74, 6) is 0.468. The van der Waals surface area contributed by atoms with Crippen molar-refractivity contribution in [2.24, 2.45) is 5.92 Å². The van der Waals surface area contributed by atoms with Crippen LogP contribution in [0.3, 0.4) is 0 Å². The molecule has 0 aromatic heterocycles. The molecule has 0 radical (unpaired) electrons. The van der Waals surface area contributed by atoms with E-state index in [0.717, 1.165) is 19.6 Å². The Balaban J connectivity index is 1.86. The molecule has 0 saturated carbocycles. The molecule has 3 rings (SSSR count). The summed E-state index contributed by atoms with van der Waals surface area (Å²) in [7, 11) is 0. The van der Waals surface area contributed by atoms with Crippen LogP contribution in [0.25, 0.3) is 0 Å². The number of amides is 1. The lowest BCUT2D eigenvalue weighted by molar-refractivity contribution is -0.384. The zero-order valence-electron chi connectivity index (χ0n) is 14.8. The molecule has 0 aliphatic carbocycles. The average molecular weight is 347 g/mol. The third-order valence-electron chi connectivity index (χ3n) is 4.90. The Bertz CT molecular complexity index is 656. The second-order valence-corrected chi connectivity index (χ2v) is 7.08. The maximum atomic E-state index is 12.9. The van der Waals surface area contributed by atoms with E-state index in [4.69, 9.17) is 4.74 Å². The number of fused-ring (bicyclic) bond motifs is 1. The molecule has 7 nitrogen and oxygen atoms in total. The summed E-state index contributed by atoms with van der Waals surface area (Å²) in [4.78, 5) is 27.6. The number of carbonyl (C=O) groups is 1. The molecule has 0 spiro atoms. The number of likely N-dealkylation sites (tertiary alicyclic amines) is 1. The number of carbonyl (C=O) groups excluding carboxylic acids is 1. The van der Waals surface area contributed by atoms with E-state index < -0.39 is 11.0 Å². The van der Waals surface area contributed by atoms with Crippen LogP contribution >= 0.6 is 0 Å². The second kappa shape index (κ2) is 7.39. The van der Waals surface area contributed by atoms with Gasteiger partial charge in [-0.3, -0.25) is 14.9 Å². The van der Waals surface area contributed by atoms with E-state index in [0.29, 0.717) is 18.0 Å². The number of nitro groups is 1. The number of nitrogens with zero attached hydrogens (tertiary/aromatic N) is 3. The Hall–Kier alpha value is -2.15. The Labute approximate surface area is 147 Å². The average Bonchev–Trinajstić information content (AvgIpc) is 2.60. The molecule has 2 aliphatic rings. The first-order valence-corrected chi connectivity index (χ1v) is 8.96. The quantitative estimate of drug-likeness (QED) is 0.605. The zero-order valence-corrected chi connectivity index (χ0v) is 14.8. The summed E-state index contributed by atoms with van der Waals surface area (Å²) in [6.45, 7) is 7.30. The second-order valence-electron chi connectivity index (χ2n) is 7.08. The van der Waals surface area contributed by atoms with E-state index in [9.17, 15) is 14.9 Å². The molecule has 136 valence electrons. The van der Waals surface area contributed by atoms with Gasteiger partial charge < -0.3 is 14.5 Å². The van der Waals surface area contributed by atoms with E-state index in [1.807, 2.05) is 13.8 Å². The minimum absolute atomic E-state index is 0.0267. The predicted octanol–water partition coefficient (Wildman–Crippen LogP) is 2.83. The van der Waals surface area contributed by atoms with Crippen LogP contribution in [0.5, 0.6) is 5.75 Å². The lowest BCUT2D eigenvalue weighted by Gasteiger charge is -2.37. The summed E-state index contributed by atoms with van der Waals surface area (Å²) < 4.78 is 5.84. The van der Waals surface area contributed by atoms with Gasteiger partial charge in [0.15, 0.2) is 6.10 Å². The van der Waals surface area contributed by atoms with Gasteiger partial charge in [-0.25, -0.2) is 0 Å². The topological polar surface area (TPSA) is 75.9 Å². The van der Waals surface area contributed by atoms with Crippen molar-refractivity contribution in [3.05, 3.63) is 28.3 Å². The number of hydrogen-bond acceptors (Lipinski definition) is 5. The first-order chi connectivity index (χ1) is 12.0. The molecule has 0 bridgehead atoms. The van der Waals surface area contributed by atoms with E-state index >= 15 is 0 Å². The van der Waals surface area contributed by atoms with Crippen molar-refractivity contribution in [1.82, 2.24) is 4.90 Å². The van der Waals surface area contributed by atoms with E-state index in [1.54, 1.807) is 11.0 Å². The van der Waals surface area contributed by atoms with Gasteiger partial charge in [0, 0.05) is 25.2 Å². The third kappa shape index (κ3) is 3.76. The fourth-order valence-electron chi connectivity index (χ4n) is 3.47. The van der Waals surface area contributed by atoms with Crippen LogP contribution < -0.4 is 9.64 Å². The van der Waals surface area contributed by atoms with Gasteiger partial charge in [0.2, 0.25) is 0 Å². The fraction of sp³-hybridized carbons (Fsp3) is 0.611. The Morgan fingerprint density at radius 2 is 1.96 bits per heavy atom. The summed E-state index contributed by atoms with van der Waals surface area (Å²) in [5.41, 5.74) is 0.481. The largest absolute Gasteiger partial charge is 0.478 e. The van der Waals surface area contributed by atoms with E-state index in [2.05, 4.69) is 4.90 Å². The number of rotatable bonds is 5. The van der Waals surface area contributed by atoms with E-state index in [1.165, 1.54) is 31.4 Å². The van der Waals surface area contributed by atoms with Crippen molar-refractivity contribution in [1.29, 1.82) is 0 Å². The number of ether oxygens (including phenoxy) is 1. The monoisotopic (exact) mass is 347 g/mol. The van der Waals surface area contributed by atoms with Gasteiger partial charge in [-0.2, -0.15) is 0 Å². The van der Waals surface area contributed by atoms with Gasteiger partial charge in [-0.1, -0.05) is 20.3 Å². The van der Waals surface area contributed by atoms with Gasteiger partial charge >= 0.3 is 0 Å². The SMILES string of the molecule is CC(C)C1Oc2ccc([N+](=O)[O-])cc2N(CCN2CCCCC2)C1=O. The van der Waals surface area contributed by atoms with Crippen LogP contribution in [0.4, 0.5) is 11.4 Å². The minimum atomic E-state index is -0.546. The molecular weight excluding hydrogens is 322 g/mol. The lowest BCUT2D eigenvalue weighted by atomic mass is 10.0. The first kappa shape index (κ1) is 17.7. The zero-order chi connectivity index (χ0) is 18.0. The highest BCUT2D eigenvalue weighted by Crippen LogP contribution is 2.38. The molecule has 1 atom stereocenters. The minimum Gasteiger partial charge on any atom is -0.478 e. The summed E-state index contributed by atoms with van der Waals surface area (Å²) in [5, 5.41) is 11.1. The molecular formula is C18H25N3O4. The molecule has 1 aromatic rings. The van der Waals surface area contributed by atoms with Crippen molar-refractivity contribution >= 4 is 17.3 Å². The molecule has 7 heteroatoms. The number of piperidine rings is 1.